The van der Waals surface area contributed by atoms with Gasteiger partial charge in [0, 0.05) is 12.2 Å². The fourth-order valence-corrected chi connectivity index (χ4v) is 2.06. The smallest absolute Gasteiger partial charge is 0.319 e. The van der Waals surface area contributed by atoms with Crippen LogP contribution in [-0.4, -0.2) is 23.8 Å². The molecule has 0 bridgehead atoms. The van der Waals surface area contributed by atoms with E-state index in [-0.39, 0.29) is 12.1 Å². The molecular formula is C16H26N2O2. The highest BCUT2D eigenvalue weighted by Crippen LogP contribution is 2.27. The normalized spacial score (nSPS) is 12.3. The van der Waals surface area contributed by atoms with E-state index >= 15 is 0 Å². The summed E-state index contributed by atoms with van der Waals surface area (Å²) in [7, 11) is 0. The molecule has 0 radical (unpaired) electrons. The number of aryl methyl sites for hydroxylation is 1. The summed E-state index contributed by atoms with van der Waals surface area (Å²) in [5.74, 6) is 0.354. The predicted molar refractivity (Wildman–Crippen MR) is 83.2 cm³/mol. The Morgan fingerprint density at radius 1 is 1.35 bits per heavy atom. The van der Waals surface area contributed by atoms with Gasteiger partial charge in [-0.15, -0.1) is 0 Å². The minimum Gasteiger partial charge on any atom is -0.393 e. The Kier molecular flexibility index (Phi) is 6.52. The first-order valence-electron chi connectivity index (χ1n) is 7.28. The molecule has 0 fully saturated rings. The predicted octanol–water partition coefficient (Wildman–Crippen LogP) is 3.40. The number of aliphatic hydroxyl groups is 1. The van der Waals surface area contributed by atoms with Crippen molar-refractivity contribution in [1.29, 1.82) is 0 Å². The molecule has 20 heavy (non-hydrogen) atoms. The zero-order valence-electron chi connectivity index (χ0n) is 12.9. The van der Waals surface area contributed by atoms with Crippen LogP contribution in [0.2, 0.25) is 0 Å². The van der Waals surface area contributed by atoms with Crippen molar-refractivity contribution in [2.45, 2.75) is 52.6 Å². The van der Waals surface area contributed by atoms with Gasteiger partial charge in [0.15, 0.2) is 0 Å². The second-order valence-corrected chi connectivity index (χ2v) is 5.43. The summed E-state index contributed by atoms with van der Waals surface area (Å²) >= 11 is 0. The number of para-hydroxylation sites is 1. The fourth-order valence-electron chi connectivity index (χ4n) is 2.06. The first kappa shape index (κ1) is 16.5. The van der Waals surface area contributed by atoms with Crippen molar-refractivity contribution in [2.75, 3.05) is 11.9 Å². The summed E-state index contributed by atoms with van der Waals surface area (Å²) < 4.78 is 0. The molecule has 0 heterocycles. The topological polar surface area (TPSA) is 61.4 Å². The van der Waals surface area contributed by atoms with Gasteiger partial charge in [0.2, 0.25) is 0 Å². The quantitative estimate of drug-likeness (QED) is 0.747. The summed E-state index contributed by atoms with van der Waals surface area (Å²) in [5, 5.41) is 15.1. The van der Waals surface area contributed by atoms with Crippen LogP contribution < -0.4 is 10.6 Å². The number of hydrogen-bond acceptors (Lipinski definition) is 2. The fraction of sp³-hybridized carbons (Fsp3) is 0.562. The van der Waals surface area contributed by atoms with Crippen LogP contribution in [0, 0.1) is 6.92 Å². The lowest BCUT2D eigenvalue weighted by molar-refractivity contribution is 0.160. The Morgan fingerprint density at radius 2 is 2.05 bits per heavy atom. The van der Waals surface area contributed by atoms with E-state index in [0.29, 0.717) is 25.3 Å². The molecule has 0 saturated heterocycles. The van der Waals surface area contributed by atoms with Gasteiger partial charge in [-0.1, -0.05) is 39.0 Å². The van der Waals surface area contributed by atoms with E-state index < -0.39 is 0 Å². The monoisotopic (exact) mass is 278 g/mol. The van der Waals surface area contributed by atoms with Crippen molar-refractivity contribution in [1.82, 2.24) is 5.32 Å². The lowest BCUT2D eigenvalue weighted by Crippen LogP contribution is -2.31. The summed E-state index contributed by atoms with van der Waals surface area (Å²) in [6, 6.07) is 5.81. The van der Waals surface area contributed by atoms with Crippen LogP contribution in [-0.2, 0) is 0 Å². The number of rotatable bonds is 6. The van der Waals surface area contributed by atoms with Crippen LogP contribution in [0.3, 0.4) is 0 Å². The second kappa shape index (κ2) is 7.90. The number of amides is 2. The molecule has 4 nitrogen and oxygen atoms in total. The molecular weight excluding hydrogens is 252 g/mol. The highest BCUT2D eigenvalue weighted by Gasteiger charge is 2.11. The molecule has 1 rings (SSSR count). The van der Waals surface area contributed by atoms with E-state index in [1.165, 1.54) is 0 Å². The highest BCUT2D eigenvalue weighted by atomic mass is 16.3. The SMILES string of the molecule is CCC(O)CCNC(=O)Nc1c(C)cccc1C(C)C. The van der Waals surface area contributed by atoms with E-state index in [0.717, 1.165) is 16.8 Å². The zero-order valence-corrected chi connectivity index (χ0v) is 12.9. The van der Waals surface area contributed by atoms with E-state index in [2.05, 4.69) is 24.5 Å². The maximum absolute atomic E-state index is 11.9. The Balaban J connectivity index is 2.62. The Bertz CT molecular complexity index is 444. The van der Waals surface area contributed by atoms with E-state index in [1.807, 2.05) is 32.0 Å². The van der Waals surface area contributed by atoms with E-state index in [1.54, 1.807) is 0 Å². The first-order chi connectivity index (χ1) is 9.45. The van der Waals surface area contributed by atoms with E-state index in [9.17, 15) is 9.90 Å². The largest absolute Gasteiger partial charge is 0.393 e. The van der Waals surface area contributed by atoms with Gasteiger partial charge in [0.25, 0.3) is 0 Å². The molecule has 1 aromatic carbocycles. The van der Waals surface area contributed by atoms with Crippen LogP contribution in [0.25, 0.3) is 0 Å². The van der Waals surface area contributed by atoms with Gasteiger partial charge in [-0.3, -0.25) is 0 Å². The molecule has 2 amide bonds. The molecule has 0 saturated carbocycles. The molecule has 3 N–H and O–H groups in total. The van der Waals surface area contributed by atoms with Gasteiger partial charge in [-0.2, -0.15) is 0 Å². The Hall–Kier alpha value is -1.55. The van der Waals surface area contributed by atoms with Crippen LogP contribution in [0.5, 0.6) is 0 Å². The second-order valence-electron chi connectivity index (χ2n) is 5.43. The summed E-state index contributed by atoms with van der Waals surface area (Å²) in [5.41, 5.74) is 3.07. The van der Waals surface area contributed by atoms with Gasteiger partial charge in [-0.05, 0) is 36.8 Å². The number of hydrogen-bond donors (Lipinski definition) is 3. The molecule has 0 aliphatic carbocycles. The number of urea groups is 1. The molecule has 1 unspecified atom stereocenters. The van der Waals surface area contributed by atoms with Gasteiger partial charge in [-0.25, -0.2) is 4.79 Å². The Labute approximate surface area is 121 Å². The zero-order chi connectivity index (χ0) is 15.1. The minimum atomic E-state index is -0.347. The maximum Gasteiger partial charge on any atom is 0.319 e. The third kappa shape index (κ3) is 4.85. The van der Waals surface area contributed by atoms with Crippen molar-refractivity contribution < 1.29 is 9.90 Å². The van der Waals surface area contributed by atoms with Crippen molar-refractivity contribution >= 4 is 11.7 Å². The standard InChI is InChI=1S/C16H26N2O2/c1-5-13(19)9-10-17-16(20)18-15-12(4)7-6-8-14(15)11(2)3/h6-8,11,13,19H,5,9-10H2,1-4H3,(H2,17,18,20). The molecule has 0 aliphatic heterocycles. The minimum absolute atomic E-state index is 0.218. The molecule has 0 aromatic heterocycles. The van der Waals surface area contributed by atoms with Crippen molar-refractivity contribution in [2.24, 2.45) is 0 Å². The Morgan fingerprint density at radius 3 is 2.65 bits per heavy atom. The van der Waals surface area contributed by atoms with Crippen LogP contribution >= 0.6 is 0 Å². The highest BCUT2D eigenvalue weighted by molar-refractivity contribution is 5.91. The van der Waals surface area contributed by atoms with Crippen molar-refractivity contribution in [3.05, 3.63) is 29.3 Å². The molecule has 0 aliphatic rings. The van der Waals surface area contributed by atoms with Crippen LogP contribution in [0.1, 0.15) is 50.7 Å². The third-order valence-corrected chi connectivity index (χ3v) is 3.40. The van der Waals surface area contributed by atoms with Gasteiger partial charge in [0.05, 0.1) is 6.10 Å². The number of carbonyl (C=O) groups is 1. The summed E-state index contributed by atoms with van der Waals surface area (Å²) in [6.45, 7) is 8.60. The molecule has 1 aromatic rings. The van der Waals surface area contributed by atoms with Crippen LogP contribution in [0.15, 0.2) is 18.2 Å². The number of nitrogens with one attached hydrogen (secondary N) is 2. The number of carbonyl (C=O) groups excluding carboxylic acids is 1. The average molecular weight is 278 g/mol. The lowest BCUT2D eigenvalue weighted by atomic mass is 9.98. The number of aliphatic hydroxyl groups excluding tert-OH is 1. The van der Waals surface area contributed by atoms with E-state index in [4.69, 9.17) is 0 Å². The van der Waals surface area contributed by atoms with Crippen molar-refractivity contribution in [3.8, 4) is 0 Å². The summed E-state index contributed by atoms with van der Waals surface area (Å²) in [4.78, 5) is 11.9. The molecule has 0 spiro atoms. The average Bonchev–Trinajstić information content (AvgIpc) is 2.40. The van der Waals surface area contributed by atoms with Gasteiger partial charge < -0.3 is 15.7 Å². The number of benzene rings is 1. The number of anilines is 1. The molecule has 112 valence electrons. The summed E-state index contributed by atoms with van der Waals surface area (Å²) in [6.07, 6.45) is 0.938. The third-order valence-electron chi connectivity index (χ3n) is 3.40. The van der Waals surface area contributed by atoms with Gasteiger partial charge in [0.1, 0.15) is 0 Å². The lowest BCUT2D eigenvalue weighted by Gasteiger charge is -2.17. The molecule has 4 heteroatoms. The first-order valence-corrected chi connectivity index (χ1v) is 7.28. The molecule has 1 atom stereocenters. The van der Waals surface area contributed by atoms with Crippen molar-refractivity contribution in [3.63, 3.8) is 0 Å². The maximum atomic E-state index is 11.9. The van der Waals surface area contributed by atoms with Crippen LogP contribution in [0.4, 0.5) is 10.5 Å². The van der Waals surface area contributed by atoms with Gasteiger partial charge >= 0.3 is 6.03 Å².